The van der Waals surface area contributed by atoms with Gasteiger partial charge in [0.15, 0.2) is 0 Å². The van der Waals surface area contributed by atoms with Crippen molar-refractivity contribution in [3.8, 4) is 11.4 Å². The van der Waals surface area contributed by atoms with Gasteiger partial charge in [-0.2, -0.15) is 0 Å². The van der Waals surface area contributed by atoms with Crippen LogP contribution in [0.3, 0.4) is 0 Å². The Kier molecular flexibility index (Phi) is 3.92. The van der Waals surface area contributed by atoms with Crippen LogP contribution in [0.5, 0.6) is 0 Å². The average Bonchev–Trinajstić information content (AvgIpc) is 3.24. The number of aryl methyl sites for hydroxylation is 1. The van der Waals surface area contributed by atoms with Gasteiger partial charge in [-0.1, -0.05) is 0 Å². The van der Waals surface area contributed by atoms with Crippen LogP contribution in [0.15, 0.2) is 29.1 Å². The topological polar surface area (TPSA) is 94.0 Å². The van der Waals surface area contributed by atoms with Crippen LogP contribution < -0.4 is 16.2 Å². The van der Waals surface area contributed by atoms with E-state index in [0.29, 0.717) is 17.1 Å². The van der Waals surface area contributed by atoms with Crippen LogP contribution in [0.25, 0.3) is 32.6 Å². The van der Waals surface area contributed by atoms with Gasteiger partial charge in [0.05, 0.1) is 16.7 Å². The number of anilines is 2. The number of rotatable bonds is 2. The number of thiophene rings is 1. The number of aromatic amines is 2. The van der Waals surface area contributed by atoms with Crippen molar-refractivity contribution in [3.05, 3.63) is 39.5 Å². The Morgan fingerprint density at radius 2 is 1.93 bits per heavy atom. The van der Waals surface area contributed by atoms with E-state index in [9.17, 15) is 4.79 Å². The molecular formula is C20H22N6OS. The van der Waals surface area contributed by atoms with Gasteiger partial charge in [-0.15, -0.1) is 11.3 Å². The summed E-state index contributed by atoms with van der Waals surface area (Å²) in [5.74, 6) is 0.509. The second-order valence-electron chi connectivity index (χ2n) is 7.42. The van der Waals surface area contributed by atoms with Gasteiger partial charge in [0, 0.05) is 42.1 Å². The number of fused-ring (bicyclic) bond motifs is 2. The lowest BCUT2D eigenvalue weighted by Crippen LogP contribution is -2.44. The molecule has 8 heteroatoms. The summed E-state index contributed by atoms with van der Waals surface area (Å²) >= 11 is 1.53. The predicted octanol–water partition coefficient (Wildman–Crippen LogP) is 2.78. The Morgan fingerprint density at radius 3 is 2.71 bits per heavy atom. The van der Waals surface area contributed by atoms with Crippen molar-refractivity contribution in [1.29, 1.82) is 0 Å². The van der Waals surface area contributed by atoms with Gasteiger partial charge < -0.3 is 25.5 Å². The highest BCUT2D eigenvalue weighted by Crippen LogP contribution is 2.33. The summed E-state index contributed by atoms with van der Waals surface area (Å²) in [6, 6.07) is 8.20. The number of imidazole rings is 1. The number of nitrogen functional groups attached to an aromatic ring is 1. The molecule has 0 atom stereocenters. The number of aromatic nitrogens is 3. The summed E-state index contributed by atoms with van der Waals surface area (Å²) in [5, 5.41) is 0.871. The van der Waals surface area contributed by atoms with E-state index in [2.05, 4.69) is 43.9 Å². The Bertz CT molecular complexity index is 1250. The van der Waals surface area contributed by atoms with Gasteiger partial charge in [0.2, 0.25) is 0 Å². The second kappa shape index (κ2) is 6.35. The zero-order valence-corrected chi connectivity index (χ0v) is 16.7. The van der Waals surface area contributed by atoms with Crippen molar-refractivity contribution in [2.45, 2.75) is 6.92 Å². The molecule has 1 fully saturated rings. The van der Waals surface area contributed by atoms with E-state index in [1.807, 2.05) is 19.1 Å². The number of pyridine rings is 1. The van der Waals surface area contributed by atoms with E-state index in [1.165, 1.54) is 17.0 Å². The molecule has 144 valence electrons. The molecule has 1 aliphatic heterocycles. The van der Waals surface area contributed by atoms with E-state index in [0.717, 1.165) is 52.3 Å². The zero-order chi connectivity index (χ0) is 19.4. The van der Waals surface area contributed by atoms with Crippen LogP contribution in [0, 0.1) is 6.92 Å². The van der Waals surface area contributed by atoms with Gasteiger partial charge in [0.1, 0.15) is 16.2 Å². The second-order valence-corrected chi connectivity index (χ2v) is 8.68. The number of nitrogens with zero attached hydrogens (tertiary/aromatic N) is 3. The summed E-state index contributed by atoms with van der Waals surface area (Å²) in [6.45, 7) is 6.12. The maximum Gasteiger partial charge on any atom is 0.262 e. The molecule has 28 heavy (non-hydrogen) atoms. The highest BCUT2D eigenvalue weighted by molar-refractivity contribution is 7.18. The zero-order valence-electron chi connectivity index (χ0n) is 15.9. The molecule has 5 rings (SSSR count). The molecule has 1 aromatic carbocycles. The number of hydrogen-bond donors (Lipinski definition) is 3. The van der Waals surface area contributed by atoms with E-state index in [4.69, 9.17) is 5.73 Å². The highest BCUT2D eigenvalue weighted by Gasteiger charge is 2.19. The van der Waals surface area contributed by atoms with Gasteiger partial charge in [-0.05, 0) is 38.2 Å². The first-order valence-corrected chi connectivity index (χ1v) is 10.2. The maximum atomic E-state index is 12.7. The Balaban J connectivity index is 1.59. The molecule has 0 amide bonds. The molecule has 0 radical (unpaired) electrons. The molecule has 0 aliphatic carbocycles. The Hall–Kier alpha value is -2.84. The Labute approximate surface area is 165 Å². The molecule has 3 aromatic heterocycles. The Morgan fingerprint density at radius 1 is 1.14 bits per heavy atom. The van der Waals surface area contributed by atoms with Crippen LogP contribution in [0.2, 0.25) is 0 Å². The number of benzene rings is 1. The summed E-state index contributed by atoms with van der Waals surface area (Å²) in [5.41, 5.74) is 9.93. The molecule has 4 N–H and O–H groups in total. The number of H-pyrrole nitrogens is 2. The van der Waals surface area contributed by atoms with Crippen molar-refractivity contribution in [2.75, 3.05) is 43.9 Å². The molecule has 0 bridgehead atoms. The normalized spacial score (nSPS) is 15.7. The van der Waals surface area contributed by atoms with Crippen LogP contribution in [-0.4, -0.2) is 53.1 Å². The largest absolute Gasteiger partial charge is 0.397 e. The van der Waals surface area contributed by atoms with Gasteiger partial charge in [-0.25, -0.2) is 4.98 Å². The van der Waals surface area contributed by atoms with Crippen LogP contribution in [-0.2, 0) is 0 Å². The number of nitrogens with one attached hydrogen (secondary N) is 2. The van der Waals surface area contributed by atoms with E-state index in [-0.39, 0.29) is 5.56 Å². The molecule has 1 saturated heterocycles. The monoisotopic (exact) mass is 394 g/mol. The van der Waals surface area contributed by atoms with Crippen molar-refractivity contribution in [3.63, 3.8) is 0 Å². The smallest absolute Gasteiger partial charge is 0.262 e. The third-order valence-electron chi connectivity index (χ3n) is 5.44. The minimum absolute atomic E-state index is 0.217. The van der Waals surface area contributed by atoms with E-state index >= 15 is 0 Å². The van der Waals surface area contributed by atoms with Gasteiger partial charge in [-0.3, -0.25) is 4.79 Å². The molecule has 1 aliphatic rings. The number of hydrogen-bond acceptors (Lipinski definition) is 6. The molecule has 0 saturated carbocycles. The van der Waals surface area contributed by atoms with E-state index in [1.54, 1.807) is 0 Å². The quantitative estimate of drug-likeness (QED) is 0.486. The van der Waals surface area contributed by atoms with Crippen molar-refractivity contribution >= 4 is 44.0 Å². The lowest BCUT2D eigenvalue weighted by atomic mass is 10.1. The van der Waals surface area contributed by atoms with Gasteiger partial charge >= 0.3 is 0 Å². The van der Waals surface area contributed by atoms with Gasteiger partial charge in [0.25, 0.3) is 5.56 Å². The number of piperazine rings is 1. The van der Waals surface area contributed by atoms with E-state index < -0.39 is 0 Å². The summed E-state index contributed by atoms with van der Waals surface area (Å²) < 4.78 is 0. The first kappa shape index (κ1) is 17.3. The van der Waals surface area contributed by atoms with Crippen LogP contribution in [0.1, 0.15) is 4.88 Å². The minimum Gasteiger partial charge on any atom is -0.397 e. The average molecular weight is 395 g/mol. The lowest BCUT2D eigenvalue weighted by Gasteiger charge is -2.34. The first-order chi connectivity index (χ1) is 13.5. The molecule has 4 aromatic rings. The van der Waals surface area contributed by atoms with Crippen molar-refractivity contribution in [1.82, 2.24) is 19.9 Å². The molecule has 0 unspecified atom stereocenters. The molecule has 4 heterocycles. The number of likely N-dealkylation sites (N-methyl/N-ethyl adjacent to an activating group) is 1. The maximum absolute atomic E-state index is 12.7. The van der Waals surface area contributed by atoms with Crippen LogP contribution >= 0.6 is 11.3 Å². The fourth-order valence-electron chi connectivity index (χ4n) is 3.84. The fourth-order valence-corrected chi connectivity index (χ4v) is 4.76. The summed E-state index contributed by atoms with van der Waals surface area (Å²) in [6.07, 6.45) is 0. The standard InChI is InChI=1S/C20H22N6OS/c1-11-9-13-17(21)16(19(27)24-20(13)28-11)18-22-14-4-3-12(10-15(14)23-18)26-7-5-25(2)6-8-26/h3-4,9-10H,5-8H2,1-2H3,(H,22,23)(H3,21,24,27). The SMILES string of the molecule is Cc1cc2c(N)c(-c3nc4ccc(N5CCN(C)CC5)cc4[nH]3)c(=O)[nH]c2s1. The molecule has 0 spiro atoms. The van der Waals surface area contributed by atoms with Crippen LogP contribution in [0.4, 0.5) is 11.4 Å². The third kappa shape index (κ3) is 2.76. The third-order valence-corrected chi connectivity index (χ3v) is 6.41. The lowest BCUT2D eigenvalue weighted by molar-refractivity contribution is 0.313. The fraction of sp³-hybridized carbons (Fsp3) is 0.300. The van der Waals surface area contributed by atoms with Crippen molar-refractivity contribution < 1.29 is 0 Å². The molecule has 7 nitrogen and oxygen atoms in total. The first-order valence-electron chi connectivity index (χ1n) is 9.35. The molecular weight excluding hydrogens is 372 g/mol. The van der Waals surface area contributed by atoms with Crippen molar-refractivity contribution in [2.24, 2.45) is 0 Å². The highest BCUT2D eigenvalue weighted by atomic mass is 32.1. The summed E-state index contributed by atoms with van der Waals surface area (Å²) in [4.78, 5) is 30.2. The minimum atomic E-state index is -0.217. The number of nitrogens with two attached hydrogens (primary N) is 1. The summed E-state index contributed by atoms with van der Waals surface area (Å²) in [7, 11) is 2.15. The predicted molar refractivity (Wildman–Crippen MR) is 116 cm³/mol.